The number of nitrogens with one attached hydrogen (secondary N) is 2. The standard InChI is InChI=1S/C26H31N7O4S2/c1-4-18-8-14(2)9-19(36-18)12-21(34)27-25-31-29-23(38-25)16-6-5-7-17(11-16)24-30-32-26(39-24)28-22(35)13-20-10-15(3)33-37-20/h8-10,16-18H,4-7,11-13H2,1-3H3,(H,27,31,34)(H,28,32,35). The molecule has 0 spiro atoms. The molecular weight excluding hydrogens is 538 g/mol. The molecule has 3 unspecified atom stereocenters. The Bertz CT molecular complexity index is 1390. The Morgan fingerprint density at radius 1 is 0.974 bits per heavy atom. The Balaban J connectivity index is 1.14. The first-order valence-corrected chi connectivity index (χ1v) is 14.7. The van der Waals surface area contributed by atoms with Gasteiger partial charge in [-0.3, -0.25) is 9.59 Å². The molecule has 0 bridgehead atoms. The van der Waals surface area contributed by atoms with E-state index in [4.69, 9.17) is 9.26 Å². The van der Waals surface area contributed by atoms with Gasteiger partial charge in [-0.2, -0.15) is 0 Å². The first kappa shape index (κ1) is 27.1. The van der Waals surface area contributed by atoms with Crippen molar-refractivity contribution in [3.05, 3.63) is 51.0 Å². The molecule has 2 amide bonds. The summed E-state index contributed by atoms with van der Waals surface area (Å²) in [4.78, 5) is 25.0. The van der Waals surface area contributed by atoms with Crippen molar-refractivity contribution in [2.24, 2.45) is 0 Å². The minimum atomic E-state index is -0.220. The average Bonchev–Trinajstić information content (AvgIpc) is 3.65. The Hall–Kier alpha value is -3.45. The van der Waals surface area contributed by atoms with E-state index in [9.17, 15) is 9.59 Å². The molecule has 3 aromatic rings. The van der Waals surface area contributed by atoms with Crippen molar-refractivity contribution < 1.29 is 18.8 Å². The molecule has 1 aliphatic carbocycles. The molecule has 1 fully saturated rings. The largest absolute Gasteiger partial charge is 0.490 e. The summed E-state index contributed by atoms with van der Waals surface area (Å²) in [5.41, 5.74) is 1.84. The van der Waals surface area contributed by atoms with Crippen LogP contribution in [0.3, 0.4) is 0 Å². The zero-order chi connectivity index (χ0) is 27.4. The lowest BCUT2D eigenvalue weighted by Gasteiger charge is -2.25. The maximum absolute atomic E-state index is 12.6. The molecule has 0 radical (unpaired) electrons. The van der Waals surface area contributed by atoms with Crippen molar-refractivity contribution in [2.45, 2.75) is 83.7 Å². The van der Waals surface area contributed by atoms with Gasteiger partial charge in [-0.25, -0.2) is 0 Å². The number of aryl methyl sites for hydroxylation is 1. The van der Waals surface area contributed by atoms with Gasteiger partial charge in [-0.05, 0) is 57.3 Å². The fourth-order valence-corrected chi connectivity index (χ4v) is 6.65. The summed E-state index contributed by atoms with van der Waals surface area (Å²) in [5.74, 6) is 1.24. The fourth-order valence-electron chi connectivity index (χ4n) is 4.83. The number of rotatable bonds is 9. The summed E-state index contributed by atoms with van der Waals surface area (Å²) in [5, 5.41) is 29.4. The van der Waals surface area contributed by atoms with Gasteiger partial charge in [-0.1, -0.05) is 41.2 Å². The quantitative estimate of drug-likeness (QED) is 0.352. The number of ether oxygens (including phenoxy) is 1. The van der Waals surface area contributed by atoms with E-state index in [2.05, 4.69) is 49.2 Å². The molecule has 3 aromatic heterocycles. The summed E-state index contributed by atoms with van der Waals surface area (Å²) in [6, 6.07) is 1.74. The molecule has 0 saturated heterocycles. The molecule has 3 atom stereocenters. The third-order valence-electron chi connectivity index (χ3n) is 6.64. The lowest BCUT2D eigenvalue weighted by molar-refractivity contribution is -0.117. The molecular formula is C26H31N7O4S2. The smallest absolute Gasteiger partial charge is 0.233 e. The van der Waals surface area contributed by atoms with Gasteiger partial charge >= 0.3 is 0 Å². The molecule has 1 aliphatic heterocycles. The highest BCUT2D eigenvalue weighted by Crippen LogP contribution is 2.43. The highest BCUT2D eigenvalue weighted by molar-refractivity contribution is 7.15. The van der Waals surface area contributed by atoms with Crippen LogP contribution in [-0.4, -0.2) is 43.5 Å². The summed E-state index contributed by atoms with van der Waals surface area (Å²) >= 11 is 2.82. The van der Waals surface area contributed by atoms with Crippen LogP contribution in [-0.2, 0) is 20.7 Å². The van der Waals surface area contributed by atoms with Gasteiger partial charge < -0.3 is 19.9 Å². The molecule has 206 valence electrons. The monoisotopic (exact) mass is 569 g/mol. The SMILES string of the molecule is CCC1C=C(C)C=C(CC(=O)Nc2nnc(C3CCCC(c4nnc(NC(=O)Cc5cc(C)no5)s4)C3)s2)O1. The second-order valence-electron chi connectivity index (χ2n) is 9.92. The molecule has 2 aliphatic rings. The molecule has 13 heteroatoms. The minimum absolute atomic E-state index is 0.00849. The fraction of sp³-hybridized carbons (Fsp3) is 0.500. The van der Waals surface area contributed by atoms with Crippen molar-refractivity contribution in [1.29, 1.82) is 0 Å². The van der Waals surface area contributed by atoms with Crippen molar-refractivity contribution in [3.8, 4) is 0 Å². The van der Waals surface area contributed by atoms with Gasteiger partial charge in [0, 0.05) is 17.9 Å². The number of aromatic nitrogens is 5. The highest BCUT2D eigenvalue weighted by Gasteiger charge is 2.29. The normalized spacial score (nSPS) is 21.1. The number of anilines is 2. The number of amides is 2. The Morgan fingerprint density at radius 2 is 1.62 bits per heavy atom. The lowest BCUT2D eigenvalue weighted by Crippen LogP contribution is -2.18. The Morgan fingerprint density at radius 3 is 2.21 bits per heavy atom. The van der Waals surface area contributed by atoms with Crippen LogP contribution in [0.15, 0.2) is 34.1 Å². The summed E-state index contributed by atoms with van der Waals surface area (Å²) in [6.45, 7) is 5.88. The van der Waals surface area contributed by atoms with Gasteiger partial charge in [0.25, 0.3) is 0 Å². The third-order valence-corrected chi connectivity index (χ3v) is 8.64. The number of nitrogens with zero attached hydrogens (tertiary/aromatic N) is 5. The first-order chi connectivity index (χ1) is 18.8. The van der Waals surface area contributed by atoms with Crippen molar-refractivity contribution in [1.82, 2.24) is 25.6 Å². The maximum atomic E-state index is 12.6. The molecule has 39 heavy (non-hydrogen) atoms. The number of allylic oxidation sites excluding steroid dienone is 2. The number of hydrogen-bond donors (Lipinski definition) is 2. The number of carbonyl (C=O) groups is 2. The summed E-state index contributed by atoms with van der Waals surface area (Å²) < 4.78 is 11.0. The van der Waals surface area contributed by atoms with Crippen LogP contribution in [0.4, 0.5) is 10.3 Å². The van der Waals surface area contributed by atoms with E-state index in [0.717, 1.165) is 53.4 Å². The van der Waals surface area contributed by atoms with E-state index in [0.29, 0.717) is 21.8 Å². The Kier molecular flexibility index (Phi) is 8.46. The van der Waals surface area contributed by atoms with E-state index in [-0.39, 0.29) is 42.6 Å². The van der Waals surface area contributed by atoms with Crippen LogP contribution < -0.4 is 10.6 Å². The third kappa shape index (κ3) is 7.15. The zero-order valence-electron chi connectivity index (χ0n) is 22.1. The van der Waals surface area contributed by atoms with Crippen LogP contribution in [0.25, 0.3) is 0 Å². The first-order valence-electron chi connectivity index (χ1n) is 13.1. The van der Waals surface area contributed by atoms with E-state index in [1.165, 1.54) is 22.7 Å². The molecule has 1 saturated carbocycles. The van der Waals surface area contributed by atoms with E-state index < -0.39 is 0 Å². The van der Waals surface area contributed by atoms with E-state index in [1.54, 1.807) is 6.07 Å². The van der Waals surface area contributed by atoms with Gasteiger partial charge in [0.05, 0.1) is 18.5 Å². The van der Waals surface area contributed by atoms with Gasteiger partial charge in [0.2, 0.25) is 22.1 Å². The summed E-state index contributed by atoms with van der Waals surface area (Å²) in [7, 11) is 0. The predicted molar refractivity (Wildman–Crippen MR) is 148 cm³/mol. The zero-order valence-corrected chi connectivity index (χ0v) is 23.7. The molecule has 2 N–H and O–H groups in total. The minimum Gasteiger partial charge on any atom is -0.490 e. The van der Waals surface area contributed by atoms with Crippen molar-refractivity contribution in [2.75, 3.05) is 10.6 Å². The van der Waals surface area contributed by atoms with Crippen molar-refractivity contribution >= 4 is 44.8 Å². The molecule has 0 aromatic carbocycles. The van der Waals surface area contributed by atoms with Crippen LogP contribution in [0.2, 0.25) is 0 Å². The second-order valence-corrected chi connectivity index (χ2v) is 11.9. The molecule has 5 rings (SSSR count). The highest BCUT2D eigenvalue weighted by atomic mass is 32.1. The summed E-state index contributed by atoms with van der Waals surface area (Å²) in [6.07, 6.45) is 8.99. The van der Waals surface area contributed by atoms with E-state index in [1.807, 2.05) is 19.9 Å². The second kappa shape index (κ2) is 12.2. The van der Waals surface area contributed by atoms with Crippen LogP contribution in [0.1, 0.15) is 85.7 Å². The van der Waals surface area contributed by atoms with Gasteiger partial charge in [0.15, 0.2) is 0 Å². The number of carbonyl (C=O) groups excluding carboxylic acids is 2. The maximum Gasteiger partial charge on any atom is 0.233 e. The van der Waals surface area contributed by atoms with Crippen LogP contribution in [0, 0.1) is 6.92 Å². The average molecular weight is 570 g/mol. The predicted octanol–water partition coefficient (Wildman–Crippen LogP) is 5.28. The molecule has 11 nitrogen and oxygen atoms in total. The van der Waals surface area contributed by atoms with Crippen molar-refractivity contribution in [3.63, 3.8) is 0 Å². The Labute approximate surface area is 234 Å². The molecule has 4 heterocycles. The van der Waals surface area contributed by atoms with Crippen LogP contribution in [0.5, 0.6) is 0 Å². The lowest BCUT2D eigenvalue weighted by atomic mass is 9.82. The van der Waals surface area contributed by atoms with Gasteiger partial charge in [0.1, 0.15) is 27.6 Å². The van der Waals surface area contributed by atoms with Gasteiger partial charge in [-0.15, -0.1) is 20.4 Å². The number of hydrogen-bond acceptors (Lipinski definition) is 11. The van der Waals surface area contributed by atoms with Crippen LogP contribution >= 0.6 is 22.7 Å². The van der Waals surface area contributed by atoms with E-state index >= 15 is 0 Å². The topological polar surface area (TPSA) is 145 Å².